The van der Waals surface area contributed by atoms with Gasteiger partial charge in [-0.2, -0.15) is 17.9 Å². The highest BCUT2D eigenvalue weighted by atomic mass is 35.5. The van der Waals surface area contributed by atoms with Crippen LogP contribution in [0.5, 0.6) is 5.75 Å². The lowest BCUT2D eigenvalue weighted by Gasteiger charge is -2.39. The van der Waals surface area contributed by atoms with Gasteiger partial charge in [-0.1, -0.05) is 30.3 Å². The molecule has 0 radical (unpaired) electrons. The number of hydrogen-bond acceptors (Lipinski definition) is 7. The number of nitrogens with zero attached hydrogens (tertiary/aromatic N) is 5. The summed E-state index contributed by atoms with van der Waals surface area (Å²) in [5, 5.41) is 16.1. The van der Waals surface area contributed by atoms with Crippen molar-refractivity contribution in [3.05, 3.63) is 65.5 Å². The third-order valence-electron chi connectivity index (χ3n) is 7.07. The summed E-state index contributed by atoms with van der Waals surface area (Å²) in [5.41, 5.74) is 1.92. The Labute approximate surface area is 241 Å². The number of ether oxygens (including phenoxy) is 1. The van der Waals surface area contributed by atoms with Gasteiger partial charge in [-0.25, -0.2) is 0 Å². The van der Waals surface area contributed by atoms with Crippen molar-refractivity contribution in [2.75, 3.05) is 19.6 Å². The molecule has 0 unspecified atom stereocenters. The van der Waals surface area contributed by atoms with Gasteiger partial charge < -0.3 is 20.3 Å². The fraction of sp³-hybridized carbons (Fsp3) is 0.444. The maximum Gasteiger partial charge on any atom is 0.453 e. The SMILES string of the molecule is CC(=O)NCC(=O)N1CC[C@H](NCc2cc(-n3nnnc3C(F)(F)F)ccc2OC2CC2)[C@H](c2ccccc2)C1.Cl. The monoisotopic (exact) mass is 593 g/mol. The summed E-state index contributed by atoms with van der Waals surface area (Å²) in [4.78, 5) is 25.8. The Morgan fingerprint density at radius 1 is 1.10 bits per heavy atom. The Balaban J connectivity index is 0.00000387. The summed E-state index contributed by atoms with van der Waals surface area (Å²) in [6.45, 7) is 2.61. The standard InChI is InChI=1S/C27H30F3N7O3.ClH/c1-17(38)31-15-25(39)36-12-11-23(22(16-36)18-5-3-2-4-6-18)32-14-19-13-20(7-10-24(19)40-21-8-9-21)37-26(27(28,29)30)33-34-35-37;/h2-7,10,13,21-23,32H,8-9,11-12,14-16H2,1H3,(H,31,38);1H/t22-,23-;/m0./s1. The molecule has 14 heteroatoms. The molecule has 5 rings (SSSR count). The van der Waals surface area contributed by atoms with E-state index in [0.29, 0.717) is 42.0 Å². The molecule has 2 amide bonds. The molecule has 1 aliphatic heterocycles. The van der Waals surface area contributed by atoms with Crippen LogP contribution in [0.25, 0.3) is 5.69 Å². The maximum atomic E-state index is 13.4. The number of carbonyl (C=O) groups excluding carboxylic acids is 2. The third kappa shape index (κ3) is 7.53. The molecule has 10 nitrogen and oxygen atoms in total. The van der Waals surface area contributed by atoms with Crippen molar-refractivity contribution >= 4 is 24.2 Å². The van der Waals surface area contributed by atoms with E-state index in [-0.39, 0.29) is 54.5 Å². The van der Waals surface area contributed by atoms with Crippen LogP contribution < -0.4 is 15.4 Å². The van der Waals surface area contributed by atoms with Gasteiger partial charge in [-0.05, 0) is 53.5 Å². The highest BCUT2D eigenvalue weighted by Gasteiger charge is 2.39. The van der Waals surface area contributed by atoms with E-state index in [4.69, 9.17) is 4.74 Å². The quantitative estimate of drug-likeness (QED) is 0.391. The van der Waals surface area contributed by atoms with Crippen LogP contribution in [0.4, 0.5) is 13.2 Å². The van der Waals surface area contributed by atoms with Crippen LogP contribution in [0.1, 0.15) is 49.1 Å². The Morgan fingerprint density at radius 2 is 1.85 bits per heavy atom. The first-order valence-corrected chi connectivity index (χ1v) is 13.1. The summed E-state index contributed by atoms with van der Waals surface area (Å²) in [5.74, 6) is -1.06. The van der Waals surface area contributed by atoms with E-state index >= 15 is 0 Å². The molecule has 220 valence electrons. The average molecular weight is 594 g/mol. The highest BCUT2D eigenvalue weighted by molar-refractivity contribution is 5.85. The van der Waals surface area contributed by atoms with Gasteiger partial charge in [0, 0.05) is 44.1 Å². The molecule has 0 bridgehead atoms. The van der Waals surface area contributed by atoms with E-state index < -0.39 is 12.0 Å². The first kappa shape index (κ1) is 30.3. The number of piperidine rings is 1. The number of tetrazole rings is 1. The molecule has 0 spiro atoms. The zero-order valence-electron chi connectivity index (χ0n) is 22.3. The molecule has 2 aliphatic rings. The van der Waals surface area contributed by atoms with Gasteiger partial charge in [0.05, 0.1) is 18.3 Å². The lowest BCUT2D eigenvalue weighted by molar-refractivity contribution is -0.146. The molecule has 1 aromatic heterocycles. The highest BCUT2D eigenvalue weighted by Crippen LogP contribution is 2.34. The summed E-state index contributed by atoms with van der Waals surface area (Å²) in [6.07, 6.45) is -2.10. The smallest absolute Gasteiger partial charge is 0.453 e. The van der Waals surface area contributed by atoms with Crippen molar-refractivity contribution in [1.29, 1.82) is 0 Å². The number of nitrogens with one attached hydrogen (secondary N) is 2. The second kappa shape index (κ2) is 12.9. The normalized spacial score (nSPS) is 18.9. The third-order valence-corrected chi connectivity index (χ3v) is 7.07. The molecule has 2 aromatic carbocycles. The number of alkyl halides is 3. The van der Waals surface area contributed by atoms with E-state index in [1.807, 2.05) is 30.3 Å². The molecule has 1 saturated heterocycles. The first-order chi connectivity index (χ1) is 19.2. The van der Waals surface area contributed by atoms with Crippen molar-refractivity contribution in [3.63, 3.8) is 0 Å². The van der Waals surface area contributed by atoms with Gasteiger partial charge in [0.25, 0.3) is 5.82 Å². The number of benzene rings is 2. The summed E-state index contributed by atoms with van der Waals surface area (Å²) >= 11 is 0. The number of amides is 2. The predicted molar refractivity (Wildman–Crippen MR) is 145 cm³/mol. The molecule has 2 N–H and O–H groups in total. The van der Waals surface area contributed by atoms with Crippen molar-refractivity contribution in [2.45, 2.75) is 57.0 Å². The molecular formula is C27H31ClF3N7O3. The fourth-order valence-electron chi connectivity index (χ4n) is 4.87. The van der Waals surface area contributed by atoms with E-state index in [1.54, 1.807) is 17.0 Å². The largest absolute Gasteiger partial charge is 0.490 e. The van der Waals surface area contributed by atoms with Crippen LogP contribution in [-0.2, 0) is 22.3 Å². The van der Waals surface area contributed by atoms with Gasteiger partial charge in [0.15, 0.2) is 0 Å². The Hall–Kier alpha value is -3.71. The fourth-order valence-corrected chi connectivity index (χ4v) is 4.87. The second-order valence-corrected chi connectivity index (χ2v) is 10.1. The van der Waals surface area contributed by atoms with Gasteiger partial charge in [-0.15, -0.1) is 17.5 Å². The molecule has 41 heavy (non-hydrogen) atoms. The summed E-state index contributed by atoms with van der Waals surface area (Å²) in [7, 11) is 0. The van der Waals surface area contributed by atoms with Crippen LogP contribution in [0, 0.1) is 0 Å². The van der Waals surface area contributed by atoms with Gasteiger partial charge in [-0.3, -0.25) is 9.59 Å². The zero-order chi connectivity index (χ0) is 28.3. The van der Waals surface area contributed by atoms with Gasteiger partial charge in [0.2, 0.25) is 11.8 Å². The lowest BCUT2D eigenvalue weighted by atomic mass is 9.85. The maximum absolute atomic E-state index is 13.4. The first-order valence-electron chi connectivity index (χ1n) is 13.1. The van der Waals surface area contributed by atoms with Crippen LogP contribution in [0.15, 0.2) is 48.5 Å². The lowest BCUT2D eigenvalue weighted by Crippen LogP contribution is -2.51. The molecule has 2 heterocycles. The molecule has 2 fully saturated rings. The molecular weight excluding hydrogens is 563 g/mol. The molecule has 1 saturated carbocycles. The average Bonchev–Trinajstić information content (AvgIpc) is 3.61. The summed E-state index contributed by atoms with van der Waals surface area (Å²) in [6, 6.07) is 14.6. The predicted octanol–water partition coefficient (Wildman–Crippen LogP) is 3.25. The topological polar surface area (TPSA) is 114 Å². The Morgan fingerprint density at radius 3 is 2.54 bits per heavy atom. The minimum absolute atomic E-state index is 0. The number of hydrogen-bond donors (Lipinski definition) is 2. The van der Waals surface area contributed by atoms with Crippen LogP contribution in [-0.4, -0.2) is 68.7 Å². The second-order valence-electron chi connectivity index (χ2n) is 10.1. The zero-order valence-corrected chi connectivity index (χ0v) is 23.1. The minimum Gasteiger partial charge on any atom is -0.490 e. The van der Waals surface area contributed by atoms with Crippen LogP contribution in [0.2, 0.25) is 0 Å². The van der Waals surface area contributed by atoms with E-state index in [0.717, 1.165) is 18.4 Å². The number of likely N-dealkylation sites (tertiary alicyclic amines) is 1. The molecule has 2 atom stereocenters. The van der Waals surface area contributed by atoms with E-state index in [1.165, 1.54) is 13.0 Å². The van der Waals surface area contributed by atoms with E-state index in [2.05, 4.69) is 26.2 Å². The van der Waals surface area contributed by atoms with Crippen LogP contribution in [0.3, 0.4) is 0 Å². The number of rotatable bonds is 9. The van der Waals surface area contributed by atoms with E-state index in [9.17, 15) is 22.8 Å². The van der Waals surface area contributed by atoms with Crippen LogP contribution >= 0.6 is 12.4 Å². The van der Waals surface area contributed by atoms with Gasteiger partial charge >= 0.3 is 6.18 Å². The number of carbonyl (C=O) groups is 2. The van der Waals surface area contributed by atoms with Gasteiger partial charge in [0.1, 0.15) is 5.75 Å². The number of aromatic nitrogens is 4. The van der Waals surface area contributed by atoms with Crippen molar-refractivity contribution < 1.29 is 27.5 Å². The molecule has 1 aliphatic carbocycles. The molecule has 3 aromatic rings. The van der Waals surface area contributed by atoms with Crippen molar-refractivity contribution in [2.24, 2.45) is 0 Å². The van der Waals surface area contributed by atoms with Crippen molar-refractivity contribution in [3.8, 4) is 11.4 Å². The Kier molecular flexibility index (Phi) is 9.49. The summed E-state index contributed by atoms with van der Waals surface area (Å²) < 4.78 is 47.1. The Bertz CT molecular complexity index is 1350. The number of halogens is 4. The van der Waals surface area contributed by atoms with Crippen molar-refractivity contribution in [1.82, 2.24) is 35.7 Å². The minimum atomic E-state index is -4.71.